The fourth-order valence-corrected chi connectivity index (χ4v) is 2.06. The van der Waals surface area contributed by atoms with E-state index in [4.69, 9.17) is 15.9 Å². The van der Waals surface area contributed by atoms with Crippen LogP contribution in [0, 0.1) is 11.3 Å². The number of carboxylic acids is 2. The molecule has 1 spiro atoms. The van der Waals surface area contributed by atoms with E-state index in [1.54, 1.807) is 0 Å². The molecule has 2 aliphatic carbocycles. The fraction of sp³-hybridized carbons (Fsp3) is 0.714. The number of hydrogen-bond acceptors (Lipinski definition) is 3. The van der Waals surface area contributed by atoms with E-state index >= 15 is 0 Å². The van der Waals surface area contributed by atoms with Crippen molar-refractivity contribution >= 4 is 11.9 Å². The average molecular weight is 171 g/mol. The Kier molecular flexibility index (Phi) is 1.03. The van der Waals surface area contributed by atoms with Crippen molar-refractivity contribution in [2.24, 2.45) is 17.1 Å². The molecule has 5 nitrogen and oxygen atoms in total. The fourth-order valence-electron chi connectivity index (χ4n) is 2.06. The molecular weight excluding hydrogens is 162 g/mol. The Labute approximate surface area is 68.2 Å². The van der Waals surface area contributed by atoms with Gasteiger partial charge in [-0.15, -0.1) is 0 Å². The van der Waals surface area contributed by atoms with Crippen LogP contribution in [0.1, 0.15) is 12.8 Å². The van der Waals surface area contributed by atoms with Gasteiger partial charge >= 0.3 is 11.9 Å². The predicted molar refractivity (Wildman–Crippen MR) is 37.3 cm³/mol. The SMILES string of the molecule is N[C@]1(C(=O)O)C[C@@]12C[C@H]2C(=O)O. The summed E-state index contributed by atoms with van der Waals surface area (Å²) in [5.41, 5.74) is 3.63. The smallest absolute Gasteiger partial charge is 0.324 e. The molecule has 0 radical (unpaired) electrons. The molecule has 0 aromatic rings. The largest absolute Gasteiger partial charge is 0.481 e. The third kappa shape index (κ3) is 0.582. The summed E-state index contributed by atoms with van der Waals surface area (Å²) < 4.78 is 0. The minimum atomic E-state index is -1.25. The van der Waals surface area contributed by atoms with Gasteiger partial charge in [-0.1, -0.05) is 0 Å². The van der Waals surface area contributed by atoms with Gasteiger partial charge in [-0.25, -0.2) is 0 Å². The second-order valence-electron chi connectivity index (χ2n) is 3.70. The Morgan fingerprint density at radius 1 is 1.42 bits per heavy atom. The number of nitrogens with two attached hydrogens (primary N) is 1. The van der Waals surface area contributed by atoms with Gasteiger partial charge in [0, 0.05) is 5.41 Å². The Morgan fingerprint density at radius 2 is 2.00 bits per heavy atom. The zero-order valence-electron chi connectivity index (χ0n) is 6.28. The van der Waals surface area contributed by atoms with E-state index in [2.05, 4.69) is 0 Å². The van der Waals surface area contributed by atoms with Crippen molar-refractivity contribution in [1.29, 1.82) is 0 Å². The van der Waals surface area contributed by atoms with Gasteiger partial charge < -0.3 is 15.9 Å². The molecule has 0 aliphatic heterocycles. The molecular formula is C7H9NO4. The standard InChI is InChI=1S/C7H9NO4/c8-7(5(11)12)2-6(7)1-3(6)4(9)10/h3H,1-2,8H2,(H,9,10)(H,11,12)/t3-,6+,7-/m0/s1. The lowest BCUT2D eigenvalue weighted by molar-refractivity contribution is -0.140. The van der Waals surface area contributed by atoms with Gasteiger partial charge in [0.05, 0.1) is 5.92 Å². The van der Waals surface area contributed by atoms with Crippen molar-refractivity contribution in [3.63, 3.8) is 0 Å². The summed E-state index contributed by atoms with van der Waals surface area (Å²) in [5, 5.41) is 17.3. The lowest BCUT2D eigenvalue weighted by Gasteiger charge is -2.01. The van der Waals surface area contributed by atoms with Crippen molar-refractivity contribution in [3.05, 3.63) is 0 Å². The molecule has 0 saturated heterocycles. The highest BCUT2D eigenvalue weighted by Gasteiger charge is 2.84. The molecule has 0 amide bonds. The molecule has 3 atom stereocenters. The normalized spacial score (nSPS) is 48.9. The molecule has 2 rings (SSSR count). The van der Waals surface area contributed by atoms with Crippen molar-refractivity contribution < 1.29 is 19.8 Å². The van der Waals surface area contributed by atoms with Crippen LogP contribution in [0.3, 0.4) is 0 Å². The molecule has 0 aromatic carbocycles. The summed E-state index contributed by atoms with van der Waals surface area (Å²) in [7, 11) is 0. The van der Waals surface area contributed by atoms with E-state index in [0.29, 0.717) is 12.8 Å². The Hall–Kier alpha value is -1.10. The molecule has 66 valence electrons. The zero-order chi connectivity index (χ0) is 9.15. The van der Waals surface area contributed by atoms with Crippen LogP contribution < -0.4 is 5.73 Å². The molecule has 0 heterocycles. The topological polar surface area (TPSA) is 101 Å². The van der Waals surface area contributed by atoms with Gasteiger partial charge in [-0.3, -0.25) is 9.59 Å². The maximum atomic E-state index is 10.6. The van der Waals surface area contributed by atoms with Crippen LogP contribution >= 0.6 is 0 Å². The van der Waals surface area contributed by atoms with Gasteiger partial charge in [0.25, 0.3) is 0 Å². The van der Waals surface area contributed by atoms with Gasteiger partial charge in [0.2, 0.25) is 0 Å². The summed E-state index contributed by atoms with van der Waals surface area (Å²) in [4.78, 5) is 21.1. The first-order valence-electron chi connectivity index (χ1n) is 3.69. The Bertz CT molecular complexity index is 289. The van der Waals surface area contributed by atoms with Crippen molar-refractivity contribution in [2.45, 2.75) is 18.4 Å². The molecule has 4 N–H and O–H groups in total. The highest BCUT2D eigenvalue weighted by atomic mass is 16.4. The summed E-state index contributed by atoms with van der Waals surface area (Å²) in [6.07, 6.45) is 0.734. The summed E-state index contributed by atoms with van der Waals surface area (Å²) in [6, 6.07) is 0. The van der Waals surface area contributed by atoms with Gasteiger partial charge in [-0.2, -0.15) is 0 Å². The highest BCUT2D eigenvalue weighted by Crippen LogP contribution is 2.75. The number of aliphatic carboxylic acids is 2. The molecule has 2 fully saturated rings. The zero-order valence-corrected chi connectivity index (χ0v) is 6.28. The molecule has 0 bridgehead atoms. The Balaban J connectivity index is 2.15. The van der Waals surface area contributed by atoms with E-state index in [1.807, 2.05) is 0 Å². The first-order chi connectivity index (χ1) is 5.44. The summed E-state index contributed by atoms with van der Waals surface area (Å²) >= 11 is 0. The molecule has 0 aromatic heterocycles. The molecule has 0 unspecified atom stereocenters. The van der Waals surface area contributed by atoms with Gasteiger partial charge in [0.1, 0.15) is 5.54 Å². The number of carboxylic acid groups (broad SMARTS) is 2. The average Bonchev–Trinajstić information content (AvgIpc) is 2.75. The van der Waals surface area contributed by atoms with Gasteiger partial charge in [-0.05, 0) is 12.8 Å². The van der Waals surface area contributed by atoms with E-state index in [1.165, 1.54) is 0 Å². The van der Waals surface area contributed by atoms with E-state index in [-0.39, 0.29) is 0 Å². The van der Waals surface area contributed by atoms with E-state index in [0.717, 1.165) is 0 Å². The predicted octanol–water partition coefficient (Wildman–Crippen LogP) is -0.737. The lowest BCUT2D eigenvalue weighted by Crippen LogP contribution is -2.36. The van der Waals surface area contributed by atoms with Crippen LogP contribution in [-0.2, 0) is 9.59 Å². The van der Waals surface area contributed by atoms with E-state index < -0.39 is 28.8 Å². The quantitative estimate of drug-likeness (QED) is 0.508. The molecule has 5 heteroatoms. The second-order valence-corrected chi connectivity index (χ2v) is 3.70. The summed E-state index contributed by atoms with van der Waals surface area (Å²) in [6.45, 7) is 0. The number of hydrogen-bond donors (Lipinski definition) is 3. The third-order valence-corrected chi connectivity index (χ3v) is 3.11. The Morgan fingerprint density at radius 3 is 2.25 bits per heavy atom. The van der Waals surface area contributed by atoms with Crippen molar-refractivity contribution in [3.8, 4) is 0 Å². The maximum absolute atomic E-state index is 10.6. The van der Waals surface area contributed by atoms with Crippen LogP contribution in [0.15, 0.2) is 0 Å². The van der Waals surface area contributed by atoms with Crippen LogP contribution in [0.25, 0.3) is 0 Å². The van der Waals surface area contributed by atoms with E-state index in [9.17, 15) is 9.59 Å². The van der Waals surface area contributed by atoms with Crippen molar-refractivity contribution in [2.75, 3.05) is 0 Å². The first kappa shape index (κ1) is 7.54. The molecule has 2 saturated carbocycles. The maximum Gasteiger partial charge on any atom is 0.324 e. The van der Waals surface area contributed by atoms with Gasteiger partial charge in [0.15, 0.2) is 0 Å². The number of rotatable bonds is 2. The summed E-state index contributed by atoms with van der Waals surface area (Å²) in [5.74, 6) is -2.53. The lowest BCUT2D eigenvalue weighted by atomic mass is 10.1. The van der Waals surface area contributed by atoms with Crippen molar-refractivity contribution in [1.82, 2.24) is 0 Å². The van der Waals surface area contributed by atoms with Crippen LogP contribution in [0.5, 0.6) is 0 Å². The second kappa shape index (κ2) is 1.64. The van der Waals surface area contributed by atoms with Crippen LogP contribution in [0.4, 0.5) is 0 Å². The molecule has 2 aliphatic rings. The monoisotopic (exact) mass is 171 g/mol. The first-order valence-corrected chi connectivity index (χ1v) is 3.69. The third-order valence-electron chi connectivity index (χ3n) is 3.11. The minimum absolute atomic E-state index is 0.312. The molecule has 12 heavy (non-hydrogen) atoms. The van der Waals surface area contributed by atoms with Crippen LogP contribution in [0.2, 0.25) is 0 Å². The minimum Gasteiger partial charge on any atom is -0.481 e. The highest BCUT2D eigenvalue weighted by molar-refractivity contribution is 5.90. The number of carbonyl (C=O) groups is 2. The van der Waals surface area contributed by atoms with Crippen LogP contribution in [-0.4, -0.2) is 27.7 Å².